The van der Waals surface area contributed by atoms with Crippen LogP contribution >= 0.6 is 0 Å². The summed E-state index contributed by atoms with van der Waals surface area (Å²) in [5.74, 6) is 0.661. The van der Waals surface area contributed by atoms with Gasteiger partial charge in [0.1, 0.15) is 6.10 Å². The molecule has 0 amide bonds. The van der Waals surface area contributed by atoms with E-state index in [1.54, 1.807) is 7.11 Å². The van der Waals surface area contributed by atoms with E-state index in [9.17, 15) is 0 Å². The molecule has 0 aromatic heterocycles. The Labute approximate surface area is 127 Å². The van der Waals surface area contributed by atoms with Crippen LogP contribution in [0.4, 0.5) is 0 Å². The first-order valence-electron chi connectivity index (χ1n) is 8.22. The van der Waals surface area contributed by atoms with Gasteiger partial charge in [0.05, 0.1) is 12.7 Å². The van der Waals surface area contributed by atoms with Crippen molar-refractivity contribution in [2.75, 3.05) is 13.7 Å². The van der Waals surface area contributed by atoms with Gasteiger partial charge in [-0.05, 0) is 37.2 Å². The first-order chi connectivity index (χ1) is 10.2. The minimum absolute atomic E-state index is 0.00237. The second kappa shape index (κ2) is 6.47. The Bertz CT molecular complexity index is 450. The zero-order valence-corrected chi connectivity index (χ0v) is 13.0. The molecule has 0 radical (unpaired) electrons. The standard InChI is InChI=1S/C18H27NO2/c1-20-16(14-7-3-2-4-8-14)13-21-17-11-10-15-9-5-6-12-18(15,17)19/h2-4,7-8,15-17H,5-6,9-13,19H2,1H3. The first-order valence-corrected chi connectivity index (χ1v) is 8.22. The topological polar surface area (TPSA) is 44.5 Å². The zero-order chi connectivity index (χ0) is 14.7. The number of hydrogen-bond acceptors (Lipinski definition) is 3. The molecule has 1 aromatic rings. The molecule has 4 atom stereocenters. The molecule has 2 N–H and O–H groups in total. The molecule has 0 aliphatic heterocycles. The third kappa shape index (κ3) is 3.01. The smallest absolute Gasteiger partial charge is 0.105 e. The molecule has 3 nitrogen and oxygen atoms in total. The predicted octanol–water partition coefficient (Wildman–Crippen LogP) is 3.44. The van der Waals surface area contributed by atoms with Gasteiger partial charge in [-0.2, -0.15) is 0 Å². The van der Waals surface area contributed by atoms with Crippen molar-refractivity contribution in [3.63, 3.8) is 0 Å². The molecule has 4 unspecified atom stereocenters. The fraction of sp³-hybridized carbons (Fsp3) is 0.667. The lowest BCUT2D eigenvalue weighted by atomic mass is 9.75. The average Bonchev–Trinajstić information content (AvgIpc) is 2.86. The van der Waals surface area contributed by atoms with E-state index in [-0.39, 0.29) is 17.7 Å². The molecule has 3 heteroatoms. The van der Waals surface area contributed by atoms with Crippen LogP contribution in [0.25, 0.3) is 0 Å². The predicted molar refractivity (Wildman–Crippen MR) is 84.0 cm³/mol. The van der Waals surface area contributed by atoms with Gasteiger partial charge in [-0.1, -0.05) is 43.2 Å². The van der Waals surface area contributed by atoms with Crippen LogP contribution in [0.1, 0.15) is 50.2 Å². The fourth-order valence-electron chi connectivity index (χ4n) is 4.16. The zero-order valence-electron chi connectivity index (χ0n) is 13.0. The summed E-state index contributed by atoms with van der Waals surface area (Å²) >= 11 is 0. The Morgan fingerprint density at radius 2 is 2.00 bits per heavy atom. The number of nitrogens with two attached hydrogens (primary N) is 1. The van der Waals surface area contributed by atoms with E-state index in [1.165, 1.54) is 31.2 Å². The van der Waals surface area contributed by atoms with E-state index in [4.69, 9.17) is 15.2 Å². The number of hydrogen-bond donors (Lipinski definition) is 1. The molecule has 2 fully saturated rings. The van der Waals surface area contributed by atoms with Crippen molar-refractivity contribution >= 4 is 0 Å². The lowest BCUT2D eigenvalue weighted by Gasteiger charge is -2.40. The van der Waals surface area contributed by atoms with E-state index in [0.717, 1.165) is 12.8 Å². The van der Waals surface area contributed by atoms with Gasteiger partial charge in [0.2, 0.25) is 0 Å². The van der Waals surface area contributed by atoms with E-state index >= 15 is 0 Å². The highest BCUT2D eigenvalue weighted by molar-refractivity contribution is 5.17. The summed E-state index contributed by atoms with van der Waals surface area (Å²) in [6, 6.07) is 10.3. The molecule has 21 heavy (non-hydrogen) atoms. The Hall–Kier alpha value is -0.900. The van der Waals surface area contributed by atoms with Crippen LogP contribution in [0.2, 0.25) is 0 Å². The third-order valence-electron chi connectivity index (χ3n) is 5.45. The van der Waals surface area contributed by atoms with Crippen LogP contribution in [0.15, 0.2) is 30.3 Å². The van der Waals surface area contributed by atoms with Crippen molar-refractivity contribution in [2.45, 2.75) is 56.3 Å². The lowest BCUT2D eigenvalue weighted by Crippen LogP contribution is -2.54. The number of ether oxygens (including phenoxy) is 2. The lowest BCUT2D eigenvalue weighted by molar-refractivity contribution is -0.0570. The van der Waals surface area contributed by atoms with Gasteiger partial charge in [-0.15, -0.1) is 0 Å². The minimum Gasteiger partial charge on any atom is -0.374 e. The van der Waals surface area contributed by atoms with Crippen LogP contribution in [0.5, 0.6) is 0 Å². The molecule has 0 bridgehead atoms. The second-order valence-corrected chi connectivity index (χ2v) is 6.59. The highest BCUT2D eigenvalue weighted by Crippen LogP contribution is 2.45. The van der Waals surface area contributed by atoms with Crippen LogP contribution < -0.4 is 5.73 Å². The summed E-state index contributed by atoms with van der Waals surface area (Å²) in [5.41, 5.74) is 7.79. The van der Waals surface area contributed by atoms with Crippen LogP contribution in [0, 0.1) is 5.92 Å². The minimum atomic E-state index is -0.0901. The van der Waals surface area contributed by atoms with Gasteiger partial charge in [0.15, 0.2) is 0 Å². The molecule has 2 aliphatic rings. The number of fused-ring (bicyclic) bond motifs is 1. The average molecular weight is 289 g/mol. The molecule has 3 rings (SSSR count). The number of benzene rings is 1. The highest BCUT2D eigenvalue weighted by atomic mass is 16.5. The Morgan fingerprint density at radius 1 is 1.19 bits per heavy atom. The maximum absolute atomic E-state index is 6.71. The van der Waals surface area contributed by atoms with Gasteiger partial charge in [-0.3, -0.25) is 0 Å². The largest absolute Gasteiger partial charge is 0.374 e. The Kier molecular flexibility index (Phi) is 4.63. The van der Waals surface area contributed by atoms with E-state index < -0.39 is 0 Å². The number of rotatable bonds is 5. The molecule has 2 saturated carbocycles. The summed E-state index contributed by atoms with van der Waals surface area (Å²) < 4.78 is 11.8. The SMILES string of the molecule is COC(COC1CCC2CCCCC21N)c1ccccc1. The van der Waals surface area contributed by atoms with Gasteiger partial charge in [0.25, 0.3) is 0 Å². The van der Waals surface area contributed by atoms with Gasteiger partial charge < -0.3 is 15.2 Å². The summed E-state index contributed by atoms with van der Waals surface area (Å²) in [4.78, 5) is 0. The maximum Gasteiger partial charge on any atom is 0.105 e. The summed E-state index contributed by atoms with van der Waals surface area (Å²) in [6.07, 6.45) is 7.51. The van der Waals surface area contributed by atoms with Crippen LogP contribution in [-0.2, 0) is 9.47 Å². The van der Waals surface area contributed by atoms with Gasteiger partial charge >= 0.3 is 0 Å². The molecular weight excluding hydrogens is 262 g/mol. The molecular formula is C18H27NO2. The van der Waals surface area contributed by atoms with E-state index in [1.807, 2.05) is 18.2 Å². The maximum atomic E-state index is 6.71. The molecule has 116 valence electrons. The molecule has 0 heterocycles. The molecule has 1 aromatic carbocycles. The van der Waals surface area contributed by atoms with Crippen molar-refractivity contribution in [2.24, 2.45) is 11.7 Å². The monoisotopic (exact) mass is 289 g/mol. The molecule has 2 aliphatic carbocycles. The second-order valence-electron chi connectivity index (χ2n) is 6.59. The third-order valence-corrected chi connectivity index (χ3v) is 5.45. The van der Waals surface area contributed by atoms with Crippen molar-refractivity contribution in [3.8, 4) is 0 Å². The summed E-state index contributed by atoms with van der Waals surface area (Å²) in [6.45, 7) is 0.594. The van der Waals surface area contributed by atoms with Crippen molar-refractivity contribution in [3.05, 3.63) is 35.9 Å². The van der Waals surface area contributed by atoms with Crippen LogP contribution in [-0.4, -0.2) is 25.4 Å². The fourth-order valence-corrected chi connectivity index (χ4v) is 4.16. The normalized spacial score (nSPS) is 33.6. The Morgan fingerprint density at radius 3 is 2.76 bits per heavy atom. The quantitative estimate of drug-likeness (QED) is 0.903. The Balaban J connectivity index is 1.62. The number of methoxy groups -OCH3 is 1. The summed E-state index contributed by atoms with van der Waals surface area (Å²) in [7, 11) is 1.75. The van der Waals surface area contributed by atoms with Crippen LogP contribution in [0.3, 0.4) is 0 Å². The highest BCUT2D eigenvalue weighted by Gasteiger charge is 2.48. The van der Waals surface area contributed by atoms with E-state index in [0.29, 0.717) is 12.5 Å². The van der Waals surface area contributed by atoms with E-state index in [2.05, 4.69) is 12.1 Å². The molecule has 0 saturated heterocycles. The van der Waals surface area contributed by atoms with Crippen molar-refractivity contribution < 1.29 is 9.47 Å². The summed E-state index contributed by atoms with van der Waals surface area (Å²) in [5, 5.41) is 0. The molecule has 0 spiro atoms. The van der Waals surface area contributed by atoms with Gasteiger partial charge in [0, 0.05) is 12.6 Å². The van der Waals surface area contributed by atoms with Crippen molar-refractivity contribution in [1.29, 1.82) is 0 Å². The first kappa shape index (κ1) is 15.0. The van der Waals surface area contributed by atoms with Gasteiger partial charge in [-0.25, -0.2) is 0 Å². The van der Waals surface area contributed by atoms with Crippen molar-refractivity contribution in [1.82, 2.24) is 0 Å².